The predicted octanol–water partition coefficient (Wildman–Crippen LogP) is 0.218. The monoisotopic (exact) mass is 180 g/mol. The van der Waals surface area contributed by atoms with Crippen molar-refractivity contribution < 1.29 is 4.79 Å². The van der Waals surface area contributed by atoms with E-state index in [1.165, 1.54) is 0 Å². The van der Waals surface area contributed by atoms with Crippen molar-refractivity contribution in [2.45, 2.75) is 31.8 Å². The molecule has 0 spiro atoms. The maximum atomic E-state index is 11.7. The summed E-state index contributed by atoms with van der Waals surface area (Å²) in [6.45, 7) is 4.54. The van der Waals surface area contributed by atoms with E-state index in [2.05, 4.69) is 11.2 Å². The number of nitrogens with one attached hydrogen (secondary N) is 1. The maximum Gasteiger partial charge on any atom is 0.240 e. The molecule has 0 aromatic rings. The lowest BCUT2D eigenvalue weighted by Crippen LogP contribution is -2.47. The van der Waals surface area contributed by atoms with E-state index in [4.69, 9.17) is 6.42 Å². The first-order chi connectivity index (χ1) is 6.03. The zero-order valence-electron chi connectivity index (χ0n) is 8.42. The van der Waals surface area contributed by atoms with Crippen molar-refractivity contribution in [1.82, 2.24) is 10.2 Å². The Balaban J connectivity index is 2.77. The van der Waals surface area contributed by atoms with Crippen LogP contribution in [-0.2, 0) is 4.79 Å². The molecule has 0 aliphatic carbocycles. The second-order valence-corrected chi connectivity index (χ2v) is 3.82. The van der Waals surface area contributed by atoms with Gasteiger partial charge >= 0.3 is 0 Å². The van der Waals surface area contributed by atoms with Crippen LogP contribution in [0.25, 0.3) is 0 Å². The Hall–Kier alpha value is -1.01. The molecular weight excluding hydrogens is 164 g/mol. The number of carbonyl (C=O) groups excluding carboxylic acids is 1. The van der Waals surface area contributed by atoms with Gasteiger partial charge in [-0.3, -0.25) is 4.79 Å². The molecule has 1 N–H and O–H groups in total. The molecule has 1 amide bonds. The van der Waals surface area contributed by atoms with Gasteiger partial charge in [0.15, 0.2) is 0 Å². The first kappa shape index (κ1) is 10.1. The Labute approximate surface area is 79.5 Å². The average molecular weight is 180 g/mol. The van der Waals surface area contributed by atoms with E-state index in [0.29, 0.717) is 0 Å². The molecule has 3 heteroatoms. The molecule has 0 bridgehead atoms. The molecule has 1 saturated heterocycles. The fourth-order valence-electron chi connectivity index (χ4n) is 1.58. The second-order valence-electron chi connectivity index (χ2n) is 3.82. The fourth-order valence-corrected chi connectivity index (χ4v) is 1.58. The first-order valence-corrected chi connectivity index (χ1v) is 4.49. The summed E-state index contributed by atoms with van der Waals surface area (Å²) in [5, 5.41) is 2.98. The fraction of sp³-hybridized carbons (Fsp3) is 0.700. The van der Waals surface area contributed by atoms with Gasteiger partial charge in [-0.1, -0.05) is 5.92 Å². The van der Waals surface area contributed by atoms with E-state index in [1.54, 1.807) is 11.9 Å². The summed E-state index contributed by atoms with van der Waals surface area (Å²) in [5.74, 6) is 2.75. The van der Waals surface area contributed by atoms with Gasteiger partial charge in [0.05, 0.1) is 11.6 Å². The number of hydrogen-bond acceptors (Lipinski definition) is 2. The number of hydrogen-bond donors (Lipinski definition) is 1. The van der Waals surface area contributed by atoms with E-state index >= 15 is 0 Å². The summed E-state index contributed by atoms with van der Waals surface area (Å²) >= 11 is 0. The zero-order valence-corrected chi connectivity index (χ0v) is 8.42. The highest BCUT2D eigenvalue weighted by atomic mass is 16.2. The van der Waals surface area contributed by atoms with Gasteiger partial charge in [0, 0.05) is 6.54 Å². The van der Waals surface area contributed by atoms with Crippen LogP contribution in [-0.4, -0.2) is 36.0 Å². The van der Waals surface area contributed by atoms with Crippen molar-refractivity contribution >= 4 is 5.91 Å². The van der Waals surface area contributed by atoms with Crippen molar-refractivity contribution in [1.29, 1.82) is 0 Å². The van der Waals surface area contributed by atoms with Gasteiger partial charge in [0.2, 0.25) is 5.91 Å². The Morgan fingerprint density at radius 2 is 2.31 bits per heavy atom. The van der Waals surface area contributed by atoms with Crippen LogP contribution in [0.1, 0.15) is 20.3 Å². The van der Waals surface area contributed by atoms with Crippen LogP contribution in [0.15, 0.2) is 0 Å². The van der Waals surface area contributed by atoms with Gasteiger partial charge in [-0.15, -0.1) is 6.42 Å². The Kier molecular flexibility index (Phi) is 2.63. The van der Waals surface area contributed by atoms with Crippen molar-refractivity contribution in [2.24, 2.45) is 0 Å². The minimum atomic E-state index is -0.456. The summed E-state index contributed by atoms with van der Waals surface area (Å²) in [6.07, 6.45) is 6.22. The molecule has 1 atom stereocenters. The van der Waals surface area contributed by atoms with Crippen molar-refractivity contribution in [3.8, 4) is 12.3 Å². The molecule has 3 nitrogen and oxygen atoms in total. The van der Waals surface area contributed by atoms with Crippen LogP contribution in [0.4, 0.5) is 0 Å². The SMILES string of the molecule is C#CC(C)(C)N1CCC(NC)C1=O. The molecule has 1 unspecified atom stereocenters. The Bertz CT molecular complexity index is 252. The molecule has 0 saturated carbocycles. The summed E-state index contributed by atoms with van der Waals surface area (Å²) in [5.41, 5.74) is -0.456. The van der Waals surface area contributed by atoms with E-state index in [-0.39, 0.29) is 11.9 Å². The van der Waals surface area contributed by atoms with Crippen molar-refractivity contribution in [3.63, 3.8) is 0 Å². The third-order valence-corrected chi connectivity index (χ3v) is 2.58. The van der Waals surface area contributed by atoms with Crippen LogP contribution in [0.2, 0.25) is 0 Å². The molecule has 1 fully saturated rings. The third kappa shape index (κ3) is 1.68. The lowest BCUT2D eigenvalue weighted by Gasteiger charge is -2.30. The highest BCUT2D eigenvalue weighted by Crippen LogP contribution is 2.21. The number of likely N-dealkylation sites (N-methyl/N-ethyl adjacent to an activating group) is 1. The molecule has 72 valence electrons. The number of rotatable bonds is 2. The number of terminal acetylenes is 1. The molecule has 0 aromatic carbocycles. The Morgan fingerprint density at radius 3 is 2.69 bits per heavy atom. The minimum absolute atomic E-state index is 0.0485. The van der Waals surface area contributed by atoms with E-state index in [9.17, 15) is 4.79 Å². The minimum Gasteiger partial charge on any atom is -0.325 e. The molecular formula is C10H16N2O. The standard InChI is InChI=1S/C10H16N2O/c1-5-10(2,3)12-7-6-8(11-4)9(12)13/h1,8,11H,6-7H2,2-4H3. The van der Waals surface area contributed by atoms with Gasteiger partial charge < -0.3 is 10.2 Å². The number of likely N-dealkylation sites (tertiary alicyclic amines) is 1. The van der Waals surface area contributed by atoms with Gasteiger partial charge in [-0.05, 0) is 27.3 Å². The third-order valence-electron chi connectivity index (χ3n) is 2.58. The molecule has 13 heavy (non-hydrogen) atoms. The quantitative estimate of drug-likeness (QED) is 0.616. The highest BCUT2D eigenvalue weighted by molar-refractivity contribution is 5.85. The topological polar surface area (TPSA) is 32.3 Å². The maximum absolute atomic E-state index is 11.7. The van der Waals surface area contributed by atoms with Crippen LogP contribution < -0.4 is 5.32 Å². The largest absolute Gasteiger partial charge is 0.325 e. The zero-order chi connectivity index (χ0) is 10.1. The summed E-state index contributed by atoms with van der Waals surface area (Å²) < 4.78 is 0. The summed E-state index contributed by atoms with van der Waals surface area (Å²) in [7, 11) is 1.80. The lowest BCUT2D eigenvalue weighted by atomic mass is 10.1. The van der Waals surface area contributed by atoms with Crippen LogP contribution >= 0.6 is 0 Å². The number of nitrogens with zero attached hydrogens (tertiary/aromatic N) is 1. The van der Waals surface area contributed by atoms with Gasteiger partial charge in [-0.2, -0.15) is 0 Å². The Morgan fingerprint density at radius 1 is 1.69 bits per heavy atom. The van der Waals surface area contributed by atoms with E-state index in [1.807, 2.05) is 13.8 Å². The first-order valence-electron chi connectivity index (χ1n) is 4.49. The normalized spacial score (nSPS) is 23.4. The van der Waals surface area contributed by atoms with Gasteiger partial charge in [0.1, 0.15) is 0 Å². The molecule has 0 aromatic heterocycles. The van der Waals surface area contributed by atoms with Crippen LogP contribution in [0.5, 0.6) is 0 Å². The van der Waals surface area contributed by atoms with Gasteiger partial charge in [0.25, 0.3) is 0 Å². The van der Waals surface area contributed by atoms with Crippen LogP contribution in [0.3, 0.4) is 0 Å². The van der Waals surface area contributed by atoms with E-state index < -0.39 is 5.54 Å². The molecule has 1 aliphatic rings. The smallest absolute Gasteiger partial charge is 0.240 e. The lowest BCUT2D eigenvalue weighted by molar-refractivity contribution is -0.132. The van der Waals surface area contributed by atoms with Crippen LogP contribution in [0, 0.1) is 12.3 Å². The molecule has 0 radical (unpaired) electrons. The molecule has 1 rings (SSSR count). The molecule has 1 aliphatic heterocycles. The average Bonchev–Trinajstić information content (AvgIpc) is 2.47. The number of carbonyl (C=O) groups is 1. The number of amides is 1. The second kappa shape index (κ2) is 3.39. The summed E-state index contributed by atoms with van der Waals surface area (Å²) in [4.78, 5) is 13.5. The van der Waals surface area contributed by atoms with Crippen molar-refractivity contribution in [3.05, 3.63) is 0 Å². The predicted molar refractivity (Wildman–Crippen MR) is 52.1 cm³/mol. The summed E-state index contributed by atoms with van der Waals surface area (Å²) in [6, 6.07) is -0.0485. The molecule has 1 heterocycles. The highest BCUT2D eigenvalue weighted by Gasteiger charge is 2.38. The van der Waals surface area contributed by atoms with Gasteiger partial charge in [-0.25, -0.2) is 0 Å². The van der Waals surface area contributed by atoms with Crippen molar-refractivity contribution in [2.75, 3.05) is 13.6 Å². The van der Waals surface area contributed by atoms with E-state index in [0.717, 1.165) is 13.0 Å².